The highest BCUT2D eigenvalue weighted by atomic mass is 19.1. The molecule has 9 heteroatoms. The monoisotopic (exact) mass is 373 g/mol. The summed E-state index contributed by atoms with van der Waals surface area (Å²) < 4.78 is 18.8. The number of carbonyl (C=O) groups is 1. The van der Waals surface area contributed by atoms with Crippen molar-refractivity contribution in [2.45, 2.75) is 19.4 Å². The summed E-state index contributed by atoms with van der Waals surface area (Å²) in [5.41, 5.74) is -1.49. The predicted octanol–water partition coefficient (Wildman–Crippen LogP) is 2.68. The van der Waals surface area contributed by atoms with Crippen LogP contribution < -0.4 is 10.1 Å². The number of hydrogen-bond acceptors (Lipinski definition) is 6. The Labute approximate surface area is 154 Å². The Morgan fingerprint density at radius 1 is 1.41 bits per heavy atom. The van der Waals surface area contributed by atoms with E-state index in [2.05, 4.69) is 5.32 Å². The first-order valence-corrected chi connectivity index (χ1v) is 7.75. The highest BCUT2D eigenvalue weighted by Crippen LogP contribution is 2.23. The van der Waals surface area contributed by atoms with Gasteiger partial charge in [-0.3, -0.25) is 14.9 Å². The summed E-state index contributed by atoms with van der Waals surface area (Å²) in [6, 6.07) is 9.10. The minimum absolute atomic E-state index is 0.0473. The topological polar surface area (TPSA) is 125 Å². The standard InChI is InChI=1S/C18H16FN3O5/c1-11-7-13(22(25)26)4-6-16(11)21-17(23)18(2,24)10-27-14-5-3-12(9-20)15(19)8-14/h3-8,24H,10H2,1-2H3,(H,21,23). The predicted molar refractivity (Wildman–Crippen MR) is 93.7 cm³/mol. The maximum Gasteiger partial charge on any atom is 0.269 e. The van der Waals surface area contributed by atoms with E-state index < -0.39 is 28.9 Å². The number of ether oxygens (including phenoxy) is 1. The van der Waals surface area contributed by atoms with E-state index in [-0.39, 0.29) is 17.0 Å². The van der Waals surface area contributed by atoms with Crippen LogP contribution in [0.25, 0.3) is 0 Å². The van der Waals surface area contributed by atoms with Crippen molar-refractivity contribution in [1.82, 2.24) is 0 Å². The zero-order valence-corrected chi connectivity index (χ0v) is 14.5. The molecule has 1 amide bonds. The van der Waals surface area contributed by atoms with Gasteiger partial charge < -0.3 is 15.2 Å². The molecule has 0 aliphatic rings. The van der Waals surface area contributed by atoms with Gasteiger partial charge in [0.1, 0.15) is 24.2 Å². The van der Waals surface area contributed by atoms with Gasteiger partial charge in [0.15, 0.2) is 5.60 Å². The zero-order valence-electron chi connectivity index (χ0n) is 14.5. The number of halogens is 1. The molecule has 2 N–H and O–H groups in total. The van der Waals surface area contributed by atoms with Crippen molar-refractivity contribution in [2.75, 3.05) is 11.9 Å². The molecule has 0 saturated carbocycles. The number of nitro groups is 1. The van der Waals surface area contributed by atoms with E-state index in [0.717, 1.165) is 6.07 Å². The van der Waals surface area contributed by atoms with Crippen LogP contribution in [0.15, 0.2) is 36.4 Å². The van der Waals surface area contributed by atoms with Crippen LogP contribution in [0.3, 0.4) is 0 Å². The molecule has 0 aliphatic carbocycles. The minimum atomic E-state index is -1.96. The van der Waals surface area contributed by atoms with E-state index >= 15 is 0 Å². The minimum Gasteiger partial charge on any atom is -0.490 e. The molecule has 0 spiro atoms. The van der Waals surface area contributed by atoms with Crippen LogP contribution in [-0.4, -0.2) is 28.1 Å². The van der Waals surface area contributed by atoms with E-state index in [1.54, 1.807) is 13.0 Å². The molecule has 0 bridgehead atoms. The Morgan fingerprint density at radius 3 is 2.67 bits per heavy atom. The van der Waals surface area contributed by atoms with E-state index in [1.165, 1.54) is 37.3 Å². The first-order valence-electron chi connectivity index (χ1n) is 7.75. The van der Waals surface area contributed by atoms with Gasteiger partial charge in [-0.05, 0) is 37.6 Å². The second kappa shape index (κ2) is 7.80. The fourth-order valence-corrected chi connectivity index (χ4v) is 2.12. The second-order valence-electron chi connectivity index (χ2n) is 6.03. The number of anilines is 1. The third-order valence-corrected chi connectivity index (χ3v) is 3.74. The Kier molecular flexibility index (Phi) is 5.72. The van der Waals surface area contributed by atoms with Crippen molar-refractivity contribution >= 4 is 17.3 Å². The number of carbonyl (C=O) groups excluding carboxylic acids is 1. The fraction of sp³-hybridized carbons (Fsp3) is 0.222. The lowest BCUT2D eigenvalue weighted by molar-refractivity contribution is -0.384. The van der Waals surface area contributed by atoms with Crippen LogP contribution in [0.5, 0.6) is 5.75 Å². The first-order chi connectivity index (χ1) is 12.6. The average Bonchev–Trinajstić information content (AvgIpc) is 2.61. The number of amides is 1. The maximum absolute atomic E-state index is 13.6. The molecule has 27 heavy (non-hydrogen) atoms. The smallest absolute Gasteiger partial charge is 0.269 e. The molecule has 2 rings (SSSR count). The lowest BCUT2D eigenvalue weighted by atomic mass is 10.1. The highest BCUT2D eigenvalue weighted by molar-refractivity contribution is 5.97. The number of nitro benzene ring substituents is 1. The molecule has 0 saturated heterocycles. The Bertz CT molecular complexity index is 937. The third kappa shape index (κ3) is 4.77. The molecular formula is C18H16FN3O5. The van der Waals surface area contributed by atoms with Crippen LogP contribution >= 0.6 is 0 Å². The van der Waals surface area contributed by atoms with E-state index in [4.69, 9.17) is 10.00 Å². The Balaban J connectivity index is 2.05. The number of non-ortho nitro benzene ring substituents is 1. The molecule has 140 valence electrons. The molecule has 1 unspecified atom stereocenters. The van der Waals surface area contributed by atoms with Crippen LogP contribution in [0.1, 0.15) is 18.1 Å². The lowest BCUT2D eigenvalue weighted by Gasteiger charge is -2.23. The van der Waals surface area contributed by atoms with Gasteiger partial charge >= 0.3 is 0 Å². The van der Waals surface area contributed by atoms with Crippen molar-refractivity contribution in [3.8, 4) is 11.8 Å². The second-order valence-corrected chi connectivity index (χ2v) is 6.03. The molecular weight excluding hydrogens is 357 g/mol. The summed E-state index contributed by atoms with van der Waals surface area (Å²) in [6.07, 6.45) is 0. The summed E-state index contributed by atoms with van der Waals surface area (Å²) >= 11 is 0. The SMILES string of the molecule is Cc1cc([N+](=O)[O-])ccc1NC(=O)C(C)(O)COc1ccc(C#N)c(F)c1. The summed E-state index contributed by atoms with van der Waals surface area (Å²) in [5, 5.41) is 32.2. The molecule has 2 aromatic carbocycles. The van der Waals surface area contributed by atoms with Gasteiger partial charge in [0.25, 0.3) is 11.6 Å². The molecule has 2 aromatic rings. The van der Waals surface area contributed by atoms with E-state index in [1.807, 2.05) is 0 Å². The maximum atomic E-state index is 13.6. The normalized spacial score (nSPS) is 12.6. The third-order valence-electron chi connectivity index (χ3n) is 3.74. The van der Waals surface area contributed by atoms with Gasteiger partial charge in [-0.1, -0.05) is 0 Å². The van der Waals surface area contributed by atoms with Crippen LogP contribution in [0, 0.1) is 34.2 Å². The number of benzene rings is 2. The summed E-state index contributed by atoms with van der Waals surface area (Å²) in [4.78, 5) is 22.5. The fourth-order valence-electron chi connectivity index (χ4n) is 2.12. The largest absolute Gasteiger partial charge is 0.490 e. The van der Waals surface area contributed by atoms with Crippen LogP contribution in [0.2, 0.25) is 0 Å². The van der Waals surface area contributed by atoms with Crippen molar-refractivity contribution < 1.29 is 24.0 Å². The van der Waals surface area contributed by atoms with Crippen molar-refractivity contribution in [3.05, 3.63) is 63.5 Å². The Morgan fingerprint density at radius 2 is 2.11 bits per heavy atom. The molecule has 0 radical (unpaired) electrons. The molecule has 0 heterocycles. The van der Waals surface area contributed by atoms with Gasteiger partial charge in [0, 0.05) is 23.9 Å². The van der Waals surface area contributed by atoms with Crippen LogP contribution in [-0.2, 0) is 4.79 Å². The number of nitrogens with one attached hydrogen (secondary N) is 1. The van der Waals surface area contributed by atoms with Crippen molar-refractivity contribution in [2.24, 2.45) is 0 Å². The van der Waals surface area contributed by atoms with Gasteiger partial charge in [0.05, 0.1) is 10.5 Å². The Hall–Kier alpha value is -3.51. The number of nitrogens with zero attached hydrogens (tertiary/aromatic N) is 2. The molecule has 8 nitrogen and oxygen atoms in total. The molecule has 0 aliphatic heterocycles. The van der Waals surface area contributed by atoms with Gasteiger partial charge in [-0.15, -0.1) is 0 Å². The zero-order chi connectivity index (χ0) is 20.2. The number of nitriles is 1. The van der Waals surface area contributed by atoms with E-state index in [0.29, 0.717) is 11.3 Å². The molecule has 0 aromatic heterocycles. The summed E-state index contributed by atoms with van der Waals surface area (Å²) in [5.74, 6) is -1.53. The average molecular weight is 373 g/mol. The number of aliphatic hydroxyl groups is 1. The van der Waals surface area contributed by atoms with Crippen molar-refractivity contribution in [1.29, 1.82) is 5.26 Å². The van der Waals surface area contributed by atoms with Gasteiger partial charge in [-0.2, -0.15) is 5.26 Å². The molecule has 0 fully saturated rings. The van der Waals surface area contributed by atoms with Crippen LogP contribution in [0.4, 0.5) is 15.8 Å². The lowest BCUT2D eigenvalue weighted by Crippen LogP contribution is -2.45. The number of rotatable bonds is 6. The number of hydrogen-bond donors (Lipinski definition) is 2. The quantitative estimate of drug-likeness (QED) is 0.592. The van der Waals surface area contributed by atoms with E-state index in [9.17, 15) is 24.4 Å². The van der Waals surface area contributed by atoms with Gasteiger partial charge in [0.2, 0.25) is 0 Å². The van der Waals surface area contributed by atoms with Gasteiger partial charge in [-0.25, -0.2) is 4.39 Å². The van der Waals surface area contributed by atoms with Crippen molar-refractivity contribution in [3.63, 3.8) is 0 Å². The number of aryl methyl sites for hydroxylation is 1. The highest BCUT2D eigenvalue weighted by Gasteiger charge is 2.32. The molecule has 1 atom stereocenters. The summed E-state index contributed by atoms with van der Waals surface area (Å²) in [6.45, 7) is 2.31. The first kappa shape index (κ1) is 19.8. The summed E-state index contributed by atoms with van der Waals surface area (Å²) in [7, 11) is 0.